The average molecular weight is 275 g/mol. The van der Waals surface area contributed by atoms with Crippen LogP contribution in [0.15, 0.2) is 24.3 Å². The number of hydrogen-bond donors (Lipinski definition) is 2. The molecule has 1 saturated carbocycles. The first kappa shape index (κ1) is 15.5. The third kappa shape index (κ3) is 2.64. The fourth-order valence-electron chi connectivity index (χ4n) is 3.71. The van der Waals surface area contributed by atoms with E-state index >= 15 is 0 Å². The van der Waals surface area contributed by atoms with Gasteiger partial charge in [0.2, 0.25) is 0 Å². The fourth-order valence-corrected chi connectivity index (χ4v) is 3.71. The van der Waals surface area contributed by atoms with Crippen molar-refractivity contribution in [2.75, 3.05) is 6.54 Å². The summed E-state index contributed by atoms with van der Waals surface area (Å²) in [4.78, 5) is 0. The summed E-state index contributed by atoms with van der Waals surface area (Å²) in [6, 6.07) is 8.26. The van der Waals surface area contributed by atoms with Gasteiger partial charge in [-0.25, -0.2) is 0 Å². The molecule has 1 aromatic carbocycles. The number of nitrogens with two attached hydrogens (primary N) is 1. The summed E-state index contributed by atoms with van der Waals surface area (Å²) >= 11 is 0. The topological polar surface area (TPSA) is 46.2 Å². The summed E-state index contributed by atoms with van der Waals surface area (Å²) in [7, 11) is 0. The lowest BCUT2D eigenvalue weighted by atomic mass is 9.59. The van der Waals surface area contributed by atoms with E-state index in [1.54, 1.807) is 0 Å². The molecule has 2 rings (SSSR count). The lowest BCUT2D eigenvalue weighted by Crippen LogP contribution is -2.50. The Morgan fingerprint density at radius 2 is 1.80 bits per heavy atom. The summed E-state index contributed by atoms with van der Waals surface area (Å²) < 4.78 is 0. The zero-order valence-electron chi connectivity index (χ0n) is 13.2. The van der Waals surface area contributed by atoms with Crippen molar-refractivity contribution in [2.45, 2.75) is 58.5 Å². The molecule has 0 radical (unpaired) electrons. The smallest absolute Gasteiger partial charge is 0.0936 e. The summed E-state index contributed by atoms with van der Waals surface area (Å²) in [5, 5.41) is 11.2. The van der Waals surface area contributed by atoms with Gasteiger partial charge in [-0.05, 0) is 51.0 Å². The molecule has 1 atom stereocenters. The van der Waals surface area contributed by atoms with Gasteiger partial charge >= 0.3 is 0 Å². The Morgan fingerprint density at radius 1 is 1.25 bits per heavy atom. The van der Waals surface area contributed by atoms with Crippen LogP contribution in [0.1, 0.15) is 57.1 Å². The van der Waals surface area contributed by atoms with E-state index in [0.29, 0.717) is 6.54 Å². The monoisotopic (exact) mass is 275 g/mol. The van der Waals surface area contributed by atoms with E-state index in [1.165, 1.54) is 24.8 Å². The molecule has 1 aliphatic rings. The van der Waals surface area contributed by atoms with Crippen LogP contribution in [0, 0.1) is 18.3 Å². The fraction of sp³-hybridized carbons (Fsp3) is 0.667. The van der Waals surface area contributed by atoms with Gasteiger partial charge in [0.25, 0.3) is 0 Å². The SMILES string of the molecule is CCC1CCC(CN)(C(C)(O)c2ccc(C)cc2)CC1. The maximum absolute atomic E-state index is 11.2. The van der Waals surface area contributed by atoms with Crippen molar-refractivity contribution in [3.05, 3.63) is 35.4 Å². The maximum atomic E-state index is 11.2. The number of aliphatic hydroxyl groups is 1. The van der Waals surface area contributed by atoms with E-state index in [9.17, 15) is 5.11 Å². The minimum Gasteiger partial charge on any atom is -0.385 e. The van der Waals surface area contributed by atoms with Crippen LogP contribution in [0.2, 0.25) is 0 Å². The second-order valence-electron chi connectivity index (χ2n) is 6.77. The third-order valence-corrected chi connectivity index (χ3v) is 5.68. The Labute approximate surface area is 123 Å². The van der Waals surface area contributed by atoms with Gasteiger partial charge in [0.1, 0.15) is 0 Å². The van der Waals surface area contributed by atoms with Crippen molar-refractivity contribution in [3.8, 4) is 0 Å². The van der Waals surface area contributed by atoms with Crippen LogP contribution in [-0.4, -0.2) is 11.7 Å². The van der Waals surface area contributed by atoms with Crippen molar-refractivity contribution >= 4 is 0 Å². The van der Waals surface area contributed by atoms with E-state index in [0.717, 1.165) is 24.3 Å². The first-order valence-corrected chi connectivity index (χ1v) is 7.95. The van der Waals surface area contributed by atoms with Gasteiger partial charge in [0, 0.05) is 12.0 Å². The zero-order valence-corrected chi connectivity index (χ0v) is 13.2. The zero-order chi connectivity index (χ0) is 14.8. The van der Waals surface area contributed by atoms with Crippen molar-refractivity contribution < 1.29 is 5.11 Å². The van der Waals surface area contributed by atoms with Crippen LogP contribution in [0.3, 0.4) is 0 Å². The normalized spacial score (nSPS) is 29.9. The van der Waals surface area contributed by atoms with E-state index < -0.39 is 5.60 Å². The van der Waals surface area contributed by atoms with Crippen molar-refractivity contribution in [2.24, 2.45) is 17.1 Å². The third-order valence-electron chi connectivity index (χ3n) is 5.68. The predicted molar refractivity (Wildman–Crippen MR) is 84.5 cm³/mol. The molecule has 1 aromatic rings. The molecule has 2 nitrogen and oxygen atoms in total. The van der Waals surface area contributed by atoms with Crippen LogP contribution < -0.4 is 5.73 Å². The van der Waals surface area contributed by atoms with Crippen molar-refractivity contribution in [1.82, 2.24) is 0 Å². The molecule has 112 valence electrons. The molecule has 0 spiro atoms. The Kier molecular flexibility index (Phi) is 4.55. The minimum atomic E-state index is -0.839. The standard InChI is InChI=1S/C18H29NO/c1-4-15-9-11-18(13-19,12-10-15)17(3,20)16-7-5-14(2)6-8-16/h5-8,15,20H,4,9-13,19H2,1-3H3. The lowest BCUT2D eigenvalue weighted by Gasteiger charge is -2.49. The molecule has 2 heteroatoms. The molecule has 1 unspecified atom stereocenters. The van der Waals surface area contributed by atoms with Crippen LogP contribution in [0.25, 0.3) is 0 Å². The largest absolute Gasteiger partial charge is 0.385 e. The number of rotatable bonds is 4. The highest BCUT2D eigenvalue weighted by Gasteiger charge is 2.48. The molecule has 0 amide bonds. The van der Waals surface area contributed by atoms with Gasteiger partial charge in [0.05, 0.1) is 5.60 Å². The number of aryl methyl sites for hydroxylation is 1. The number of benzene rings is 1. The second kappa shape index (κ2) is 5.87. The van der Waals surface area contributed by atoms with Crippen molar-refractivity contribution in [3.63, 3.8) is 0 Å². The van der Waals surface area contributed by atoms with Gasteiger partial charge in [-0.3, -0.25) is 0 Å². The van der Waals surface area contributed by atoms with Gasteiger partial charge in [-0.1, -0.05) is 43.2 Å². The van der Waals surface area contributed by atoms with Crippen LogP contribution in [0.5, 0.6) is 0 Å². The molecule has 0 heterocycles. The molecule has 1 fully saturated rings. The quantitative estimate of drug-likeness (QED) is 0.879. The molecule has 1 aliphatic carbocycles. The molecule has 0 aliphatic heterocycles. The summed E-state index contributed by atoms with van der Waals surface area (Å²) in [6.45, 7) is 6.85. The predicted octanol–water partition coefficient (Wildman–Crippen LogP) is 3.75. The second-order valence-corrected chi connectivity index (χ2v) is 6.77. The molecular weight excluding hydrogens is 246 g/mol. The average Bonchev–Trinajstić information content (AvgIpc) is 2.47. The molecule has 0 aromatic heterocycles. The summed E-state index contributed by atoms with van der Waals surface area (Å²) in [5.74, 6) is 0.809. The molecule has 0 bridgehead atoms. The summed E-state index contributed by atoms with van der Waals surface area (Å²) in [5.41, 5.74) is 7.33. The minimum absolute atomic E-state index is 0.173. The maximum Gasteiger partial charge on any atom is 0.0936 e. The van der Waals surface area contributed by atoms with E-state index in [-0.39, 0.29) is 5.41 Å². The Bertz CT molecular complexity index is 427. The first-order chi connectivity index (χ1) is 9.45. The highest BCUT2D eigenvalue weighted by atomic mass is 16.3. The van der Waals surface area contributed by atoms with Crippen LogP contribution in [-0.2, 0) is 5.60 Å². The lowest BCUT2D eigenvalue weighted by molar-refractivity contribution is -0.0981. The molecule has 3 N–H and O–H groups in total. The summed E-state index contributed by atoms with van der Waals surface area (Å²) in [6.07, 6.45) is 5.69. The van der Waals surface area contributed by atoms with Gasteiger partial charge in [-0.15, -0.1) is 0 Å². The first-order valence-electron chi connectivity index (χ1n) is 7.95. The van der Waals surface area contributed by atoms with Crippen molar-refractivity contribution in [1.29, 1.82) is 0 Å². The van der Waals surface area contributed by atoms with Gasteiger partial charge < -0.3 is 10.8 Å². The van der Waals surface area contributed by atoms with Crippen LogP contribution >= 0.6 is 0 Å². The van der Waals surface area contributed by atoms with Gasteiger partial charge in [0.15, 0.2) is 0 Å². The Hall–Kier alpha value is -0.860. The van der Waals surface area contributed by atoms with E-state index in [1.807, 2.05) is 6.92 Å². The van der Waals surface area contributed by atoms with Crippen LogP contribution in [0.4, 0.5) is 0 Å². The Balaban J connectivity index is 2.27. The highest BCUT2D eigenvalue weighted by molar-refractivity contribution is 5.28. The Morgan fingerprint density at radius 3 is 2.25 bits per heavy atom. The highest BCUT2D eigenvalue weighted by Crippen LogP contribution is 2.50. The molecule has 0 saturated heterocycles. The van der Waals surface area contributed by atoms with E-state index in [4.69, 9.17) is 5.73 Å². The molecular formula is C18H29NO. The van der Waals surface area contributed by atoms with Gasteiger partial charge in [-0.2, -0.15) is 0 Å². The molecule has 20 heavy (non-hydrogen) atoms. The number of hydrogen-bond acceptors (Lipinski definition) is 2. The van der Waals surface area contributed by atoms with E-state index in [2.05, 4.69) is 38.1 Å².